The normalized spacial score (nSPS) is 12.9. The van der Waals surface area contributed by atoms with Crippen LogP contribution in [0.15, 0.2) is 36.7 Å². The largest absolute Gasteiger partial charge is 0.349 e. The zero-order valence-electron chi connectivity index (χ0n) is 20.9. The van der Waals surface area contributed by atoms with Crippen LogP contribution in [0, 0.1) is 0 Å². The molecule has 1 N–H and O–H groups in total. The van der Waals surface area contributed by atoms with Crippen molar-refractivity contribution < 1.29 is 13.5 Å². The van der Waals surface area contributed by atoms with Gasteiger partial charge in [0.1, 0.15) is 5.65 Å². The van der Waals surface area contributed by atoms with Gasteiger partial charge in [-0.15, -0.1) is 0 Å². The molecule has 3 rings (SSSR count). The lowest BCUT2D eigenvalue weighted by Crippen LogP contribution is -2.24. The molecule has 0 aliphatic carbocycles. The molecule has 1 aromatic carbocycles. The van der Waals surface area contributed by atoms with Crippen molar-refractivity contribution in [2.45, 2.75) is 71.7 Å². The topological polar surface area (TPSA) is 55.2 Å². The molecule has 1 atom stereocenters. The van der Waals surface area contributed by atoms with Gasteiger partial charge < -0.3 is 19.5 Å². The number of benzene rings is 1. The summed E-state index contributed by atoms with van der Waals surface area (Å²) in [6, 6.07) is 8.62. The van der Waals surface area contributed by atoms with Crippen LogP contribution in [0.2, 0.25) is 0 Å². The minimum atomic E-state index is -2.79. The van der Waals surface area contributed by atoms with Crippen molar-refractivity contribution in [3.05, 3.63) is 42.2 Å². The summed E-state index contributed by atoms with van der Waals surface area (Å²) in [4.78, 5) is 11.5. The maximum Gasteiger partial charge on any atom is 0.345 e. The average molecular weight is 474 g/mol. The number of fused-ring (bicyclic) bond motifs is 1. The predicted octanol–water partition coefficient (Wildman–Crippen LogP) is 6.34. The number of hydrogen-bond donors (Lipinski definition) is 1. The standard InChI is InChI=1S/C26H37F2N5O/c1-6-8-21(9-7-2)33-16-23(20-12-10-19(11-13-20)15-32(4)5)22-14-29-26(31-24(22)33)30-18(3)17-34-25(27)28/h10-14,16,18,21,25H,6-9,15,17H2,1-5H3,(H,29,30,31)/t18-/m0/s1. The fourth-order valence-corrected chi connectivity index (χ4v) is 4.33. The van der Waals surface area contributed by atoms with Crippen molar-refractivity contribution >= 4 is 17.0 Å². The highest BCUT2D eigenvalue weighted by molar-refractivity contribution is 5.94. The zero-order valence-corrected chi connectivity index (χ0v) is 20.9. The van der Waals surface area contributed by atoms with Gasteiger partial charge in [-0.2, -0.15) is 13.8 Å². The molecule has 2 aromatic heterocycles. The molecular weight excluding hydrogens is 436 g/mol. The molecule has 0 fully saturated rings. The molecule has 34 heavy (non-hydrogen) atoms. The maximum absolute atomic E-state index is 12.4. The number of hydrogen-bond acceptors (Lipinski definition) is 5. The molecule has 0 amide bonds. The van der Waals surface area contributed by atoms with Crippen molar-refractivity contribution in [3.8, 4) is 11.1 Å². The predicted molar refractivity (Wildman–Crippen MR) is 134 cm³/mol. The van der Waals surface area contributed by atoms with Crippen molar-refractivity contribution in [3.63, 3.8) is 0 Å². The molecule has 8 heteroatoms. The smallest absolute Gasteiger partial charge is 0.345 e. The first-order chi connectivity index (χ1) is 16.3. The Hall–Kier alpha value is -2.58. The fraction of sp³-hybridized carbons (Fsp3) is 0.538. The van der Waals surface area contributed by atoms with Crippen LogP contribution >= 0.6 is 0 Å². The van der Waals surface area contributed by atoms with Crippen molar-refractivity contribution in [1.29, 1.82) is 0 Å². The van der Waals surface area contributed by atoms with E-state index in [1.54, 1.807) is 6.92 Å². The molecule has 186 valence electrons. The lowest BCUT2D eigenvalue weighted by molar-refractivity contribution is -0.130. The van der Waals surface area contributed by atoms with Gasteiger partial charge in [-0.05, 0) is 45.0 Å². The van der Waals surface area contributed by atoms with Crippen molar-refractivity contribution in [2.24, 2.45) is 0 Å². The summed E-state index contributed by atoms with van der Waals surface area (Å²) in [5.41, 5.74) is 4.35. The third-order valence-corrected chi connectivity index (χ3v) is 5.82. The van der Waals surface area contributed by atoms with Crippen LogP contribution in [-0.4, -0.2) is 52.8 Å². The van der Waals surface area contributed by atoms with E-state index in [4.69, 9.17) is 4.98 Å². The van der Waals surface area contributed by atoms with E-state index in [0.717, 1.165) is 54.4 Å². The van der Waals surface area contributed by atoms with E-state index in [-0.39, 0.29) is 12.6 Å². The van der Waals surface area contributed by atoms with Gasteiger partial charge in [0.05, 0.1) is 6.61 Å². The highest BCUT2D eigenvalue weighted by atomic mass is 19.3. The summed E-state index contributed by atoms with van der Waals surface area (Å²) in [5.74, 6) is 0.414. The van der Waals surface area contributed by atoms with Gasteiger partial charge in [-0.1, -0.05) is 51.0 Å². The quantitative estimate of drug-likeness (QED) is 0.314. The van der Waals surface area contributed by atoms with Crippen molar-refractivity contribution in [2.75, 3.05) is 26.0 Å². The van der Waals surface area contributed by atoms with Crippen LogP contribution in [0.25, 0.3) is 22.2 Å². The first-order valence-corrected chi connectivity index (χ1v) is 12.1. The lowest BCUT2D eigenvalue weighted by atomic mass is 10.0. The van der Waals surface area contributed by atoms with Gasteiger partial charge in [0.15, 0.2) is 0 Å². The van der Waals surface area contributed by atoms with Gasteiger partial charge in [0, 0.05) is 42.0 Å². The first kappa shape index (κ1) is 26.0. The highest BCUT2D eigenvalue weighted by Gasteiger charge is 2.19. The maximum atomic E-state index is 12.4. The Morgan fingerprint density at radius 1 is 1.09 bits per heavy atom. The minimum Gasteiger partial charge on any atom is -0.349 e. The van der Waals surface area contributed by atoms with Gasteiger partial charge in [-0.3, -0.25) is 0 Å². The molecule has 0 saturated carbocycles. The Kier molecular flexibility index (Phi) is 9.36. The number of halogens is 2. The molecule has 0 radical (unpaired) electrons. The summed E-state index contributed by atoms with van der Waals surface area (Å²) >= 11 is 0. The molecular formula is C26H37F2N5O. The number of alkyl halides is 2. The number of rotatable bonds is 13. The first-order valence-electron chi connectivity index (χ1n) is 12.1. The summed E-state index contributed by atoms with van der Waals surface area (Å²) in [5, 5.41) is 4.08. The number of nitrogens with zero attached hydrogens (tertiary/aromatic N) is 4. The summed E-state index contributed by atoms with van der Waals surface area (Å²) in [7, 11) is 4.12. The van der Waals surface area contributed by atoms with E-state index in [0.29, 0.717) is 12.0 Å². The Balaban J connectivity index is 2.00. The Bertz CT molecular complexity index is 1030. The van der Waals surface area contributed by atoms with E-state index in [2.05, 4.69) is 82.9 Å². The Morgan fingerprint density at radius 2 is 1.76 bits per heavy atom. The second-order valence-corrected chi connectivity index (χ2v) is 9.19. The monoisotopic (exact) mass is 473 g/mol. The van der Waals surface area contributed by atoms with E-state index >= 15 is 0 Å². The van der Waals surface area contributed by atoms with Crippen molar-refractivity contribution in [1.82, 2.24) is 19.4 Å². The lowest BCUT2D eigenvalue weighted by Gasteiger charge is -2.19. The third kappa shape index (κ3) is 6.73. The van der Waals surface area contributed by atoms with Crippen LogP contribution < -0.4 is 5.32 Å². The molecule has 0 aliphatic heterocycles. The average Bonchev–Trinajstić information content (AvgIpc) is 3.16. The van der Waals surface area contributed by atoms with Gasteiger partial charge in [0.25, 0.3) is 0 Å². The van der Waals surface area contributed by atoms with Crippen LogP contribution in [0.1, 0.15) is 58.1 Å². The van der Waals surface area contributed by atoms with Gasteiger partial charge in [0.2, 0.25) is 5.95 Å². The fourth-order valence-electron chi connectivity index (χ4n) is 4.33. The van der Waals surface area contributed by atoms with Crippen LogP contribution in [0.5, 0.6) is 0 Å². The van der Waals surface area contributed by atoms with Crippen LogP contribution in [-0.2, 0) is 11.3 Å². The minimum absolute atomic E-state index is 0.126. The molecule has 0 bridgehead atoms. The van der Waals surface area contributed by atoms with E-state index in [1.165, 1.54) is 5.56 Å². The summed E-state index contributed by atoms with van der Waals surface area (Å²) in [6.45, 7) is 4.14. The zero-order chi connectivity index (χ0) is 24.7. The SMILES string of the molecule is CCCC(CCC)n1cc(-c2ccc(CN(C)C)cc2)c2cnc(N[C@@H](C)COC(F)F)nc21. The third-order valence-electron chi connectivity index (χ3n) is 5.82. The second kappa shape index (κ2) is 12.2. The Morgan fingerprint density at radius 3 is 2.35 bits per heavy atom. The molecule has 2 heterocycles. The molecule has 3 aromatic rings. The van der Waals surface area contributed by atoms with Gasteiger partial charge in [-0.25, -0.2) is 4.98 Å². The van der Waals surface area contributed by atoms with Crippen LogP contribution in [0.4, 0.5) is 14.7 Å². The van der Waals surface area contributed by atoms with E-state index in [9.17, 15) is 8.78 Å². The molecule has 0 spiro atoms. The number of nitrogens with one attached hydrogen (secondary N) is 1. The molecule has 0 aliphatic rings. The summed E-state index contributed by atoms with van der Waals surface area (Å²) < 4.78 is 31.5. The van der Waals surface area contributed by atoms with Gasteiger partial charge >= 0.3 is 6.61 Å². The number of aromatic nitrogens is 3. The Labute approximate surface area is 201 Å². The highest BCUT2D eigenvalue weighted by Crippen LogP contribution is 2.34. The second-order valence-electron chi connectivity index (χ2n) is 9.19. The molecule has 0 unspecified atom stereocenters. The van der Waals surface area contributed by atoms with Crippen LogP contribution in [0.3, 0.4) is 0 Å². The van der Waals surface area contributed by atoms with E-state index in [1.807, 2.05) is 6.20 Å². The number of ether oxygens (including phenoxy) is 1. The number of anilines is 1. The molecule has 6 nitrogen and oxygen atoms in total. The molecule has 0 saturated heterocycles. The van der Waals surface area contributed by atoms with E-state index < -0.39 is 6.61 Å². The summed E-state index contributed by atoms with van der Waals surface area (Å²) in [6.07, 6.45) is 8.31.